The van der Waals surface area contributed by atoms with E-state index < -0.39 is 0 Å². The average molecular weight is 261 g/mol. The molecule has 2 rings (SSSR count). The highest BCUT2D eigenvalue weighted by molar-refractivity contribution is 5.86. The van der Waals surface area contributed by atoms with Gasteiger partial charge in [-0.3, -0.25) is 14.6 Å². The summed E-state index contributed by atoms with van der Waals surface area (Å²) in [5.74, 6) is 0.105. The minimum Gasteiger partial charge on any atom is -0.347 e. The van der Waals surface area contributed by atoms with Gasteiger partial charge in [-0.2, -0.15) is 0 Å². The molecular weight excluding hydrogens is 242 g/mol. The van der Waals surface area contributed by atoms with Crippen molar-refractivity contribution in [3.8, 4) is 0 Å². The number of nitrogens with one attached hydrogen (secondary N) is 1. The second kappa shape index (κ2) is 6.31. The first-order valence-electron chi connectivity index (χ1n) is 6.57. The zero-order chi connectivity index (χ0) is 13.7. The van der Waals surface area contributed by atoms with E-state index in [1.807, 2.05) is 12.1 Å². The van der Waals surface area contributed by atoms with E-state index in [0.29, 0.717) is 6.54 Å². The molecule has 102 valence electrons. The number of amides is 2. The second-order valence-corrected chi connectivity index (χ2v) is 4.91. The van der Waals surface area contributed by atoms with Crippen LogP contribution in [-0.2, 0) is 16.0 Å². The molecule has 1 aliphatic carbocycles. The zero-order valence-electron chi connectivity index (χ0n) is 11.1. The van der Waals surface area contributed by atoms with Gasteiger partial charge in [0.2, 0.25) is 11.8 Å². The summed E-state index contributed by atoms with van der Waals surface area (Å²) in [6, 6.07) is 3.88. The van der Waals surface area contributed by atoms with Crippen LogP contribution in [0.25, 0.3) is 0 Å². The molecule has 5 heteroatoms. The van der Waals surface area contributed by atoms with Crippen molar-refractivity contribution >= 4 is 11.8 Å². The molecule has 1 saturated carbocycles. The summed E-state index contributed by atoms with van der Waals surface area (Å²) in [5.41, 5.74) is 1.15. The molecule has 0 bridgehead atoms. The van der Waals surface area contributed by atoms with Gasteiger partial charge in [-0.1, -0.05) is 0 Å². The molecule has 1 heterocycles. The van der Waals surface area contributed by atoms with E-state index in [4.69, 9.17) is 0 Å². The van der Waals surface area contributed by atoms with E-state index in [9.17, 15) is 9.59 Å². The lowest BCUT2D eigenvalue weighted by Gasteiger charge is -2.17. The average Bonchev–Trinajstić information content (AvgIpc) is 3.27. The van der Waals surface area contributed by atoms with Gasteiger partial charge in [0.1, 0.15) is 0 Å². The van der Waals surface area contributed by atoms with Crippen molar-refractivity contribution < 1.29 is 9.59 Å². The Bertz CT molecular complexity index is 443. The summed E-state index contributed by atoms with van der Waals surface area (Å²) in [6.07, 6.45) is 6.19. The minimum atomic E-state index is -0.0527. The van der Waals surface area contributed by atoms with E-state index >= 15 is 0 Å². The summed E-state index contributed by atoms with van der Waals surface area (Å²) < 4.78 is 0. The third-order valence-electron chi connectivity index (χ3n) is 3.27. The summed E-state index contributed by atoms with van der Waals surface area (Å²) in [4.78, 5) is 28.8. The van der Waals surface area contributed by atoms with Gasteiger partial charge in [-0.15, -0.1) is 0 Å². The molecule has 0 atom stereocenters. The third-order valence-corrected chi connectivity index (χ3v) is 3.27. The van der Waals surface area contributed by atoms with Crippen LogP contribution < -0.4 is 5.32 Å². The number of aromatic nitrogens is 1. The predicted octanol–water partition coefficient (Wildman–Crippen LogP) is 0.609. The summed E-state index contributed by atoms with van der Waals surface area (Å²) in [5, 5.41) is 2.68. The van der Waals surface area contributed by atoms with Crippen LogP contribution in [0.2, 0.25) is 0 Å². The number of pyridine rings is 1. The molecule has 0 unspecified atom stereocenters. The second-order valence-electron chi connectivity index (χ2n) is 4.91. The molecule has 5 nitrogen and oxygen atoms in total. The van der Waals surface area contributed by atoms with Crippen LogP contribution in [0.3, 0.4) is 0 Å². The van der Waals surface area contributed by atoms with Crippen molar-refractivity contribution in [2.24, 2.45) is 5.92 Å². The summed E-state index contributed by atoms with van der Waals surface area (Å²) in [6.45, 7) is 0.740. The molecule has 0 spiro atoms. The van der Waals surface area contributed by atoms with Crippen molar-refractivity contribution in [1.82, 2.24) is 15.2 Å². The van der Waals surface area contributed by atoms with Gasteiger partial charge in [0, 0.05) is 31.9 Å². The first kappa shape index (κ1) is 13.5. The fourth-order valence-electron chi connectivity index (χ4n) is 1.76. The highest BCUT2D eigenvalue weighted by Gasteiger charge is 2.29. The number of rotatable bonds is 6. The smallest absolute Gasteiger partial charge is 0.241 e. The Labute approximate surface area is 113 Å². The number of carbonyl (C=O) groups is 2. The monoisotopic (exact) mass is 261 g/mol. The first-order chi connectivity index (χ1) is 9.16. The number of carbonyl (C=O) groups excluding carboxylic acids is 2. The normalized spacial score (nSPS) is 13.9. The number of hydrogen-bond acceptors (Lipinski definition) is 3. The van der Waals surface area contributed by atoms with Crippen LogP contribution in [0.5, 0.6) is 0 Å². The maximum atomic E-state index is 11.8. The standard InChI is InChI=1S/C14H19N3O2/c1-17(9-6-11-4-7-15-8-5-11)13(18)10-16-14(19)12-2-3-12/h4-5,7-8,12H,2-3,6,9-10H2,1H3,(H,16,19). The Kier molecular flexibility index (Phi) is 4.49. The van der Waals surface area contributed by atoms with Crippen LogP contribution in [0.1, 0.15) is 18.4 Å². The molecular formula is C14H19N3O2. The Morgan fingerprint density at radius 1 is 1.37 bits per heavy atom. The van der Waals surface area contributed by atoms with E-state index in [1.54, 1.807) is 24.3 Å². The molecule has 1 aromatic rings. The molecule has 1 aliphatic rings. The first-order valence-corrected chi connectivity index (χ1v) is 6.57. The fraction of sp³-hybridized carbons (Fsp3) is 0.500. The Morgan fingerprint density at radius 2 is 2.05 bits per heavy atom. The van der Waals surface area contributed by atoms with E-state index in [0.717, 1.165) is 24.8 Å². The topological polar surface area (TPSA) is 62.3 Å². The lowest BCUT2D eigenvalue weighted by Crippen LogP contribution is -2.39. The maximum absolute atomic E-state index is 11.8. The lowest BCUT2D eigenvalue weighted by atomic mass is 10.2. The van der Waals surface area contributed by atoms with E-state index in [1.165, 1.54) is 0 Å². The van der Waals surface area contributed by atoms with Crippen LogP contribution in [0, 0.1) is 5.92 Å². The van der Waals surface area contributed by atoms with Gasteiger partial charge in [-0.25, -0.2) is 0 Å². The zero-order valence-corrected chi connectivity index (χ0v) is 11.1. The quantitative estimate of drug-likeness (QED) is 0.816. The Morgan fingerprint density at radius 3 is 2.68 bits per heavy atom. The van der Waals surface area contributed by atoms with Gasteiger partial charge < -0.3 is 10.2 Å². The van der Waals surface area contributed by atoms with Gasteiger partial charge in [-0.05, 0) is 37.0 Å². The third kappa shape index (κ3) is 4.35. The molecule has 0 radical (unpaired) electrons. The van der Waals surface area contributed by atoms with Crippen molar-refractivity contribution in [3.05, 3.63) is 30.1 Å². The SMILES string of the molecule is CN(CCc1ccncc1)C(=O)CNC(=O)C1CC1. The maximum Gasteiger partial charge on any atom is 0.241 e. The van der Waals surface area contributed by atoms with Crippen molar-refractivity contribution in [1.29, 1.82) is 0 Å². The Balaban J connectivity index is 1.68. The summed E-state index contributed by atoms with van der Waals surface area (Å²) in [7, 11) is 1.76. The van der Waals surface area contributed by atoms with Crippen LogP contribution in [-0.4, -0.2) is 41.8 Å². The number of likely N-dealkylation sites (N-methyl/N-ethyl adjacent to an activating group) is 1. The molecule has 0 aromatic carbocycles. The van der Waals surface area contributed by atoms with Crippen molar-refractivity contribution in [2.75, 3.05) is 20.1 Å². The molecule has 19 heavy (non-hydrogen) atoms. The molecule has 0 aliphatic heterocycles. The predicted molar refractivity (Wildman–Crippen MR) is 71.3 cm³/mol. The van der Waals surface area contributed by atoms with Gasteiger partial charge in [0.25, 0.3) is 0 Å². The highest BCUT2D eigenvalue weighted by atomic mass is 16.2. The van der Waals surface area contributed by atoms with Gasteiger partial charge >= 0.3 is 0 Å². The molecule has 0 saturated heterocycles. The van der Waals surface area contributed by atoms with E-state index in [-0.39, 0.29) is 24.3 Å². The van der Waals surface area contributed by atoms with Crippen LogP contribution in [0.4, 0.5) is 0 Å². The molecule has 1 N–H and O–H groups in total. The minimum absolute atomic E-state index is 0.0101. The van der Waals surface area contributed by atoms with Crippen LogP contribution in [0.15, 0.2) is 24.5 Å². The molecule has 2 amide bonds. The lowest BCUT2D eigenvalue weighted by molar-refractivity contribution is -0.132. The fourth-order valence-corrected chi connectivity index (χ4v) is 1.76. The number of nitrogens with zero attached hydrogens (tertiary/aromatic N) is 2. The highest BCUT2D eigenvalue weighted by Crippen LogP contribution is 2.28. The largest absolute Gasteiger partial charge is 0.347 e. The molecule has 1 aromatic heterocycles. The van der Waals surface area contributed by atoms with Gasteiger partial charge in [0.05, 0.1) is 6.54 Å². The molecule has 1 fully saturated rings. The van der Waals surface area contributed by atoms with Crippen molar-refractivity contribution in [2.45, 2.75) is 19.3 Å². The van der Waals surface area contributed by atoms with Crippen molar-refractivity contribution in [3.63, 3.8) is 0 Å². The van der Waals surface area contributed by atoms with E-state index in [2.05, 4.69) is 10.3 Å². The number of hydrogen-bond donors (Lipinski definition) is 1. The Hall–Kier alpha value is -1.91. The van der Waals surface area contributed by atoms with Crippen LogP contribution >= 0.6 is 0 Å². The summed E-state index contributed by atoms with van der Waals surface area (Å²) >= 11 is 0. The van der Waals surface area contributed by atoms with Gasteiger partial charge in [0.15, 0.2) is 0 Å².